The summed E-state index contributed by atoms with van der Waals surface area (Å²) in [7, 11) is 2.14. The summed E-state index contributed by atoms with van der Waals surface area (Å²) in [6, 6.07) is 15.2. The second-order valence-electron chi connectivity index (χ2n) is 9.60. The average molecular weight is 583 g/mol. The summed E-state index contributed by atoms with van der Waals surface area (Å²) < 4.78 is 1.83. The van der Waals surface area contributed by atoms with Gasteiger partial charge in [-0.1, -0.05) is 36.4 Å². The molecule has 37 heavy (non-hydrogen) atoms. The molecule has 1 saturated heterocycles. The SMILES string of the molecule is CN1CCc2c(sc3ncn(CCCN4CCN(c5cccc6ccccc56)CC4)c(=O)c23)C1.Cl.Cl.Cl. The van der Waals surface area contributed by atoms with Crippen molar-refractivity contribution in [3.05, 3.63) is 69.6 Å². The zero-order chi connectivity index (χ0) is 23.1. The lowest BCUT2D eigenvalue weighted by molar-refractivity contribution is 0.250. The number of aryl methyl sites for hydroxylation is 1. The fourth-order valence-electron chi connectivity index (χ4n) is 5.47. The predicted molar refractivity (Wildman–Crippen MR) is 163 cm³/mol. The van der Waals surface area contributed by atoms with Crippen molar-refractivity contribution in [3.63, 3.8) is 0 Å². The number of thiophene rings is 1. The summed E-state index contributed by atoms with van der Waals surface area (Å²) in [4.78, 5) is 27.5. The van der Waals surface area contributed by atoms with Gasteiger partial charge in [0.25, 0.3) is 5.56 Å². The second-order valence-corrected chi connectivity index (χ2v) is 10.7. The van der Waals surface area contributed by atoms with Crippen LogP contribution in [0.3, 0.4) is 0 Å². The van der Waals surface area contributed by atoms with E-state index < -0.39 is 0 Å². The van der Waals surface area contributed by atoms with Gasteiger partial charge in [-0.2, -0.15) is 0 Å². The number of nitrogens with zero attached hydrogens (tertiary/aromatic N) is 5. The number of fused-ring (bicyclic) bond motifs is 4. The highest BCUT2D eigenvalue weighted by Gasteiger charge is 2.22. The molecule has 0 bridgehead atoms. The molecule has 6 nitrogen and oxygen atoms in total. The van der Waals surface area contributed by atoms with E-state index in [-0.39, 0.29) is 42.8 Å². The lowest BCUT2D eigenvalue weighted by atomic mass is 10.1. The van der Waals surface area contributed by atoms with Crippen LogP contribution in [0.5, 0.6) is 0 Å². The number of anilines is 1. The summed E-state index contributed by atoms with van der Waals surface area (Å²) in [5, 5.41) is 3.51. The Morgan fingerprint density at radius 3 is 2.49 bits per heavy atom. The van der Waals surface area contributed by atoms with Crippen molar-refractivity contribution < 1.29 is 0 Å². The maximum Gasteiger partial charge on any atom is 0.262 e. The second kappa shape index (κ2) is 12.8. The van der Waals surface area contributed by atoms with Gasteiger partial charge in [0.2, 0.25) is 0 Å². The van der Waals surface area contributed by atoms with Crippen molar-refractivity contribution in [2.75, 3.05) is 51.2 Å². The van der Waals surface area contributed by atoms with Gasteiger partial charge in [-0.3, -0.25) is 14.3 Å². The Kier molecular flexibility index (Phi) is 10.3. The Labute approximate surface area is 240 Å². The molecule has 0 spiro atoms. The Morgan fingerprint density at radius 1 is 0.919 bits per heavy atom. The molecule has 10 heteroatoms. The average Bonchev–Trinajstić information content (AvgIpc) is 3.24. The van der Waals surface area contributed by atoms with E-state index in [0.29, 0.717) is 0 Å². The lowest BCUT2D eigenvalue weighted by Gasteiger charge is -2.36. The Balaban J connectivity index is 0.00000127. The molecular formula is C27H34Cl3N5OS. The molecule has 4 aromatic rings. The maximum absolute atomic E-state index is 13.2. The van der Waals surface area contributed by atoms with Gasteiger partial charge in [-0.25, -0.2) is 4.98 Å². The van der Waals surface area contributed by atoms with Crippen molar-refractivity contribution in [1.82, 2.24) is 19.4 Å². The fourth-order valence-corrected chi connectivity index (χ4v) is 6.72. The van der Waals surface area contributed by atoms with Gasteiger partial charge in [0.1, 0.15) is 4.83 Å². The molecule has 2 aromatic heterocycles. The minimum atomic E-state index is 0. The highest BCUT2D eigenvalue weighted by atomic mass is 35.5. The van der Waals surface area contributed by atoms with Crippen molar-refractivity contribution in [2.45, 2.75) is 25.9 Å². The normalized spacial score (nSPS) is 16.1. The molecule has 2 aliphatic rings. The third-order valence-electron chi connectivity index (χ3n) is 7.37. The van der Waals surface area contributed by atoms with Crippen LogP contribution >= 0.6 is 48.6 Å². The quantitative estimate of drug-likeness (QED) is 0.329. The molecule has 0 atom stereocenters. The highest BCUT2D eigenvalue weighted by molar-refractivity contribution is 7.18. The van der Waals surface area contributed by atoms with Crippen LogP contribution in [0.1, 0.15) is 16.9 Å². The van der Waals surface area contributed by atoms with E-state index >= 15 is 0 Å². The largest absolute Gasteiger partial charge is 0.368 e. The molecule has 0 N–H and O–H groups in total. The zero-order valence-electron chi connectivity index (χ0n) is 21.0. The van der Waals surface area contributed by atoms with Gasteiger partial charge in [0.05, 0.1) is 11.7 Å². The number of hydrogen-bond donors (Lipinski definition) is 0. The minimum absolute atomic E-state index is 0. The van der Waals surface area contributed by atoms with E-state index in [0.717, 1.165) is 75.4 Å². The van der Waals surface area contributed by atoms with Crippen molar-refractivity contribution in [1.29, 1.82) is 0 Å². The number of likely N-dealkylation sites (N-methyl/N-ethyl adjacent to an activating group) is 1. The topological polar surface area (TPSA) is 44.6 Å². The van der Waals surface area contributed by atoms with Crippen LogP contribution in [0.25, 0.3) is 21.0 Å². The molecule has 4 heterocycles. The highest BCUT2D eigenvalue weighted by Crippen LogP contribution is 2.32. The van der Waals surface area contributed by atoms with Gasteiger partial charge in [0, 0.05) is 61.8 Å². The molecule has 0 saturated carbocycles. The summed E-state index contributed by atoms with van der Waals surface area (Å²) in [6.45, 7) is 7.88. The van der Waals surface area contributed by atoms with Gasteiger partial charge in [-0.05, 0) is 43.5 Å². The summed E-state index contributed by atoms with van der Waals surface area (Å²) in [5.74, 6) is 0. The van der Waals surface area contributed by atoms with E-state index in [1.54, 1.807) is 17.7 Å². The van der Waals surface area contributed by atoms with Gasteiger partial charge >= 0.3 is 0 Å². The molecule has 0 aliphatic carbocycles. The number of halogens is 3. The van der Waals surface area contributed by atoms with Crippen molar-refractivity contribution >= 4 is 75.2 Å². The van der Waals surface area contributed by atoms with Crippen LogP contribution in [-0.4, -0.2) is 65.7 Å². The molecule has 0 amide bonds. The van der Waals surface area contributed by atoms with E-state index in [9.17, 15) is 4.79 Å². The zero-order valence-corrected chi connectivity index (χ0v) is 24.2. The standard InChI is InChI=1S/C27H31N5OS.3ClH/c1-29-13-10-22-24(18-29)34-26-25(22)27(33)32(19-28-26)12-5-11-30-14-16-31(17-15-30)23-9-4-7-20-6-2-3-8-21(20)23;;;/h2-4,6-9,19H,5,10-18H2,1H3;3*1H. The van der Waals surface area contributed by atoms with E-state index in [2.05, 4.69) is 69.2 Å². The number of hydrogen-bond acceptors (Lipinski definition) is 6. The van der Waals surface area contributed by atoms with Crippen molar-refractivity contribution in [3.8, 4) is 0 Å². The number of benzene rings is 2. The lowest BCUT2D eigenvalue weighted by Crippen LogP contribution is -2.46. The molecule has 2 aromatic carbocycles. The van der Waals surface area contributed by atoms with Crippen LogP contribution in [0.4, 0.5) is 5.69 Å². The van der Waals surface area contributed by atoms with E-state index in [1.165, 1.54) is 26.9 Å². The summed E-state index contributed by atoms with van der Waals surface area (Å²) in [6.07, 6.45) is 3.68. The summed E-state index contributed by atoms with van der Waals surface area (Å²) in [5.41, 5.74) is 2.73. The predicted octanol–water partition coefficient (Wildman–Crippen LogP) is 5.08. The summed E-state index contributed by atoms with van der Waals surface area (Å²) >= 11 is 1.69. The molecule has 200 valence electrons. The number of piperazine rings is 1. The van der Waals surface area contributed by atoms with Gasteiger partial charge in [0.15, 0.2) is 0 Å². The molecular weight excluding hydrogens is 549 g/mol. The molecule has 2 aliphatic heterocycles. The Bertz CT molecular complexity index is 1390. The Morgan fingerprint density at radius 2 is 1.68 bits per heavy atom. The van der Waals surface area contributed by atoms with Crippen LogP contribution < -0.4 is 10.5 Å². The van der Waals surface area contributed by atoms with E-state index in [4.69, 9.17) is 0 Å². The molecule has 0 radical (unpaired) electrons. The first-order chi connectivity index (χ1) is 16.7. The van der Waals surface area contributed by atoms with Crippen LogP contribution in [0.2, 0.25) is 0 Å². The fraction of sp³-hybridized carbons (Fsp3) is 0.407. The first kappa shape index (κ1) is 29.7. The van der Waals surface area contributed by atoms with Crippen LogP contribution in [-0.2, 0) is 19.5 Å². The molecule has 1 fully saturated rings. The third kappa shape index (κ3) is 5.92. The smallest absolute Gasteiger partial charge is 0.262 e. The maximum atomic E-state index is 13.2. The van der Waals surface area contributed by atoms with E-state index in [1.807, 2.05) is 4.57 Å². The Hall–Kier alpha value is -1.87. The minimum Gasteiger partial charge on any atom is -0.368 e. The first-order valence-electron chi connectivity index (χ1n) is 12.3. The van der Waals surface area contributed by atoms with Crippen molar-refractivity contribution in [2.24, 2.45) is 0 Å². The van der Waals surface area contributed by atoms with Gasteiger partial charge < -0.3 is 9.80 Å². The van der Waals surface area contributed by atoms with Gasteiger partial charge in [-0.15, -0.1) is 48.6 Å². The molecule has 0 unspecified atom stereocenters. The van der Waals surface area contributed by atoms with Crippen LogP contribution in [0, 0.1) is 0 Å². The van der Waals surface area contributed by atoms with Crippen LogP contribution in [0.15, 0.2) is 53.6 Å². The number of aromatic nitrogens is 2. The first-order valence-corrected chi connectivity index (χ1v) is 13.1. The molecule has 6 rings (SSSR count). The third-order valence-corrected chi connectivity index (χ3v) is 8.50. The number of rotatable bonds is 5. The monoisotopic (exact) mass is 581 g/mol.